The molecule has 1 fully saturated rings. The molecule has 0 atom stereocenters. The molecular weight excluding hydrogens is 415 g/mol. The van der Waals surface area contributed by atoms with Crippen molar-refractivity contribution in [2.45, 2.75) is 16.7 Å². The fraction of sp³-hybridized carbons (Fsp3) is 0.0833. The van der Waals surface area contributed by atoms with E-state index < -0.39 is 0 Å². The van der Waals surface area contributed by atoms with E-state index in [1.165, 1.54) is 28.8 Å². The molecule has 150 valence electrons. The molecule has 3 aromatic rings. The smallest absolute Gasteiger partial charge is 0.266 e. The molecule has 0 aliphatic carbocycles. The average Bonchev–Trinajstić information content (AvgIpc) is 3.06. The largest absolute Gasteiger partial charge is 0.287 e. The van der Waals surface area contributed by atoms with Crippen molar-refractivity contribution in [2.24, 2.45) is 4.99 Å². The van der Waals surface area contributed by atoms with Gasteiger partial charge in [-0.15, -0.1) is 0 Å². The van der Waals surface area contributed by atoms with Gasteiger partial charge in [0, 0.05) is 16.3 Å². The van der Waals surface area contributed by atoms with Gasteiger partial charge in [-0.2, -0.15) is 0 Å². The van der Waals surface area contributed by atoms with Crippen molar-refractivity contribution >= 4 is 46.4 Å². The van der Waals surface area contributed by atoms with E-state index in [2.05, 4.69) is 29.3 Å². The number of amides is 1. The molecule has 0 unspecified atom stereocenters. The summed E-state index contributed by atoms with van der Waals surface area (Å²) < 4.78 is 13.1. The minimum absolute atomic E-state index is 0.0638. The zero-order chi connectivity index (χ0) is 20.9. The van der Waals surface area contributed by atoms with Gasteiger partial charge < -0.3 is 0 Å². The van der Waals surface area contributed by atoms with Crippen LogP contribution in [-0.2, 0) is 4.79 Å². The van der Waals surface area contributed by atoms with Gasteiger partial charge in [0.2, 0.25) is 0 Å². The van der Waals surface area contributed by atoms with Crippen molar-refractivity contribution in [1.29, 1.82) is 0 Å². The van der Waals surface area contributed by atoms with Crippen LogP contribution in [0, 0.1) is 5.82 Å². The fourth-order valence-corrected chi connectivity index (χ4v) is 4.80. The van der Waals surface area contributed by atoms with E-state index in [1.807, 2.05) is 43.3 Å². The number of thioether (sulfide) groups is 1. The van der Waals surface area contributed by atoms with Crippen molar-refractivity contribution in [3.05, 3.63) is 95.1 Å². The highest BCUT2D eigenvalue weighted by atomic mass is 32.2. The Labute approximate surface area is 183 Å². The number of nitrogens with zero attached hydrogens (tertiary/aromatic N) is 2. The minimum Gasteiger partial charge on any atom is -0.287 e. The monoisotopic (exact) mass is 434 g/mol. The molecule has 0 saturated carbocycles. The van der Waals surface area contributed by atoms with Gasteiger partial charge in [-0.3, -0.25) is 9.69 Å². The Hall–Kier alpha value is -2.83. The molecule has 0 N–H and O–H groups in total. The van der Waals surface area contributed by atoms with E-state index >= 15 is 0 Å². The molecule has 3 aromatic carbocycles. The van der Waals surface area contributed by atoms with Crippen LogP contribution in [0.5, 0.6) is 0 Å². The number of hydrogen-bond acceptors (Lipinski definition) is 4. The zero-order valence-electron chi connectivity index (χ0n) is 16.3. The van der Waals surface area contributed by atoms with Gasteiger partial charge >= 0.3 is 0 Å². The van der Waals surface area contributed by atoms with E-state index in [0.29, 0.717) is 22.3 Å². The van der Waals surface area contributed by atoms with Crippen LogP contribution < -0.4 is 0 Å². The molecule has 3 nitrogen and oxygen atoms in total. The summed E-state index contributed by atoms with van der Waals surface area (Å²) in [5.41, 5.74) is 1.58. The molecule has 1 amide bonds. The number of benzene rings is 3. The number of hydrogen-bond donors (Lipinski definition) is 0. The highest BCUT2D eigenvalue weighted by Gasteiger charge is 2.32. The van der Waals surface area contributed by atoms with Gasteiger partial charge in [-0.1, -0.05) is 42.1 Å². The highest BCUT2D eigenvalue weighted by molar-refractivity contribution is 8.18. The standard InChI is InChI=1S/C24H19FN2OS2/c1-2-27-23(28)22(30-24(27)26-19-12-10-18(25)11-13-19)16-17-8-14-21(15-9-17)29-20-6-4-3-5-7-20/h3-16H,2H2,1H3/b22-16+,26-24?. The molecule has 0 bridgehead atoms. The topological polar surface area (TPSA) is 32.7 Å². The fourth-order valence-electron chi connectivity index (χ4n) is 2.90. The Balaban J connectivity index is 1.53. The molecular formula is C24H19FN2OS2. The maximum Gasteiger partial charge on any atom is 0.266 e. The molecule has 1 aliphatic heterocycles. The lowest BCUT2D eigenvalue weighted by molar-refractivity contribution is -0.122. The highest BCUT2D eigenvalue weighted by Crippen LogP contribution is 2.34. The second kappa shape index (κ2) is 9.32. The quantitative estimate of drug-likeness (QED) is 0.424. The number of amidine groups is 1. The van der Waals surface area contributed by atoms with E-state index in [1.54, 1.807) is 28.8 Å². The summed E-state index contributed by atoms with van der Waals surface area (Å²) in [6.07, 6.45) is 1.89. The molecule has 0 radical (unpaired) electrons. The van der Waals surface area contributed by atoms with Gasteiger partial charge in [0.1, 0.15) is 5.82 Å². The average molecular weight is 435 g/mol. The van der Waals surface area contributed by atoms with Crippen molar-refractivity contribution in [1.82, 2.24) is 4.90 Å². The first-order valence-corrected chi connectivity index (χ1v) is 11.1. The normalized spacial score (nSPS) is 16.6. The number of carbonyl (C=O) groups excluding carboxylic acids is 1. The summed E-state index contributed by atoms with van der Waals surface area (Å²) in [4.78, 5) is 21.9. The van der Waals surface area contributed by atoms with Crippen LogP contribution in [0.3, 0.4) is 0 Å². The predicted octanol–water partition coefficient (Wildman–Crippen LogP) is 6.60. The Morgan fingerprint density at radius 2 is 1.63 bits per heavy atom. The van der Waals surface area contributed by atoms with E-state index in [4.69, 9.17) is 0 Å². The number of aliphatic imine (C=N–C) groups is 1. The van der Waals surface area contributed by atoms with Crippen molar-refractivity contribution in [2.75, 3.05) is 6.54 Å². The third-order valence-corrected chi connectivity index (χ3v) is 6.43. The summed E-state index contributed by atoms with van der Waals surface area (Å²) in [7, 11) is 0. The summed E-state index contributed by atoms with van der Waals surface area (Å²) >= 11 is 3.04. The van der Waals surface area contributed by atoms with Crippen LogP contribution in [0.15, 0.2) is 98.6 Å². The van der Waals surface area contributed by atoms with Crippen molar-refractivity contribution < 1.29 is 9.18 Å². The third-order valence-electron chi connectivity index (χ3n) is 4.41. The first kappa shape index (κ1) is 20.4. The third kappa shape index (κ3) is 4.83. The Morgan fingerprint density at radius 3 is 2.30 bits per heavy atom. The molecule has 0 aromatic heterocycles. The lowest BCUT2D eigenvalue weighted by Crippen LogP contribution is -2.28. The molecule has 30 heavy (non-hydrogen) atoms. The summed E-state index contributed by atoms with van der Waals surface area (Å²) in [6, 6.07) is 24.3. The number of carbonyl (C=O) groups is 1. The van der Waals surface area contributed by atoms with Crippen LogP contribution in [0.4, 0.5) is 10.1 Å². The Morgan fingerprint density at radius 1 is 0.967 bits per heavy atom. The second-order valence-corrected chi connectivity index (χ2v) is 8.67. The predicted molar refractivity (Wildman–Crippen MR) is 123 cm³/mol. The van der Waals surface area contributed by atoms with Gasteiger partial charge in [-0.05, 0) is 78.9 Å². The maximum absolute atomic E-state index is 13.1. The van der Waals surface area contributed by atoms with Gasteiger partial charge in [0.05, 0.1) is 10.6 Å². The van der Waals surface area contributed by atoms with Crippen LogP contribution in [0.1, 0.15) is 12.5 Å². The molecule has 4 rings (SSSR count). The molecule has 1 aliphatic rings. The molecule has 6 heteroatoms. The van der Waals surface area contributed by atoms with E-state index in [9.17, 15) is 9.18 Å². The first-order valence-electron chi connectivity index (χ1n) is 9.51. The van der Waals surface area contributed by atoms with Gasteiger partial charge in [0.15, 0.2) is 5.17 Å². The first-order chi connectivity index (χ1) is 14.6. The Bertz CT molecular complexity index is 1090. The van der Waals surface area contributed by atoms with E-state index in [-0.39, 0.29) is 11.7 Å². The summed E-state index contributed by atoms with van der Waals surface area (Å²) in [5.74, 6) is -0.373. The second-order valence-electron chi connectivity index (χ2n) is 6.52. The van der Waals surface area contributed by atoms with Crippen LogP contribution >= 0.6 is 23.5 Å². The van der Waals surface area contributed by atoms with Crippen molar-refractivity contribution in [3.8, 4) is 0 Å². The lowest BCUT2D eigenvalue weighted by atomic mass is 10.2. The minimum atomic E-state index is -0.309. The van der Waals surface area contributed by atoms with Gasteiger partial charge in [-0.25, -0.2) is 9.38 Å². The summed E-state index contributed by atoms with van der Waals surface area (Å²) in [6.45, 7) is 2.44. The summed E-state index contributed by atoms with van der Waals surface area (Å²) in [5, 5.41) is 0.608. The van der Waals surface area contributed by atoms with Crippen molar-refractivity contribution in [3.63, 3.8) is 0 Å². The van der Waals surface area contributed by atoms with Crippen LogP contribution in [-0.4, -0.2) is 22.5 Å². The number of likely N-dealkylation sites (N-methyl/N-ethyl adjacent to an activating group) is 1. The molecule has 0 spiro atoms. The zero-order valence-corrected chi connectivity index (χ0v) is 17.9. The van der Waals surface area contributed by atoms with Crippen LogP contribution in [0.25, 0.3) is 6.08 Å². The lowest BCUT2D eigenvalue weighted by Gasteiger charge is -2.11. The Kier molecular flexibility index (Phi) is 6.35. The van der Waals surface area contributed by atoms with E-state index in [0.717, 1.165) is 10.5 Å². The molecule has 1 heterocycles. The number of rotatable bonds is 5. The number of halogens is 1. The van der Waals surface area contributed by atoms with Crippen LogP contribution in [0.2, 0.25) is 0 Å². The maximum atomic E-state index is 13.1. The SMILES string of the molecule is CCN1C(=O)/C(=C\c2ccc(Sc3ccccc3)cc2)SC1=Nc1ccc(F)cc1. The molecule has 1 saturated heterocycles. The van der Waals surface area contributed by atoms with Gasteiger partial charge in [0.25, 0.3) is 5.91 Å².